The first-order valence-electron chi connectivity index (χ1n) is 18.2. The lowest BCUT2D eigenvalue weighted by molar-refractivity contribution is 0.304. The SMILES string of the molecule is CCCCCCCCOc1ccc(N=Cc2ccc3c(c2)c2cc(C=Nc4ccc(OCCCCCCCC)cc4)ccc2n3C)cc1. The first kappa shape index (κ1) is 34.9. The van der Waals surface area contributed by atoms with E-state index >= 15 is 0 Å². The Hall–Kier alpha value is -4.38. The molecule has 0 unspecified atom stereocenters. The van der Waals surface area contributed by atoms with Crippen molar-refractivity contribution in [3.63, 3.8) is 0 Å². The van der Waals surface area contributed by atoms with Crippen molar-refractivity contribution in [2.45, 2.75) is 90.9 Å². The van der Waals surface area contributed by atoms with E-state index in [4.69, 9.17) is 19.5 Å². The summed E-state index contributed by atoms with van der Waals surface area (Å²) in [4.78, 5) is 9.51. The standard InChI is InChI=1S/C43H53N3O2/c1-4-6-8-10-12-14-28-47-38-22-18-36(19-23-38)44-32-34-16-26-42-40(30-34)41-31-35(17-27-43(41)46(42)3)33-45-37-20-24-39(25-21-37)48-29-15-13-11-9-7-5-2/h16-27,30-33H,4-15,28-29H2,1-3H3. The number of fused-ring (bicyclic) bond motifs is 3. The Bertz CT molecular complexity index is 1620. The molecule has 0 N–H and O–H groups in total. The lowest BCUT2D eigenvalue weighted by atomic mass is 10.1. The van der Waals surface area contributed by atoms with Gasteiger partial charge in [0.25, 0.3) is 0 Å². The van der Waals surface area contributed by atoms with Crippen LogP contribution in [0.15, 0.2) is 94.9 Å². The van der Waals surface area contributed by atoms with Crippen molar-refractivity contribution in [3.05, 3.63) is 96.1 Å². The maximum atomic E-state index is 5.94. The number of hydrogen-bond acceptors (Lipinski definition) is 4. The van der Waals surface area contributed by atoms with Crippen molar-refractivity contribution >= 4 is 45.6 Å². The molecule has 0 spiro atoms. The van der Waals surface area contributed by atoms with Crippen LogP contribution in [0.25, 0.3) is 21.8 Å². The number of aliphatic imine (C=N–C) groups is 2. The van der Waals surface area contributed by atoms with Gasteiger partial charge >= 0.3 is 0 Å². The lowest BCUT2D eigenvalue weighted by Crippen LogP contribution is -1.96. The van der Waals surface area contributed by atoms with E-state index in [1.807, 2.05) is 61.0 Å². The smallest absolute Gasteiger partial charge is 0.119 e. The molecule has 0 aliphatic rings. The summed E-state index contributed by atoms with van der Waals surface area (Å²) >= 11 is 0. The van der Waals surface area contributed by atoms with Crippen LogP contribution in [-0.2, 0) is 7.05 Å². The maximum absolute atomic E-state index is 5.94. The summed E-state index contributed by atoms with van der Waals surface area (Å²) in [5.74, 6) is 1.81. The predicted octanol–water partition coefficient (Wildman–Crippen LogP) is 12.3. The summed E-state index contributed by atoms with van der Waals surface area (Å²) in [5, 5.41) is 2.41. The van der Waals surface area contributed by atoms with E-state index in [0.29, 0.717) is 0 Å². The zero-order valence-corrected chi connectivity index (χ0v) is 29.3. The first-order chi connectivity index (χ1) is 23.6. The van der Waals surface area contributed by atoms with Crippen LogP contribution >= 0.6 is 0 Å². The molecule has 0 saturated heterocycles. The van der Waals surface area contributed by atoms with Gasteiger partial charge in [-0.25, -0.2) is 0 Å². The molecule has 1 aromatic heterocycles. The van der Waals surface area contributed by atoms with Gasteiger partial charge in [-0.2, -0.15) is 0 Å². The van der Waals surface area contributed by atoms with Crippen molar-refractivity contribution < 1.29 is 9.47 Å². The second-order valence-corrected chi connectivity index (χ2v) is 12.8. The molecule has 0 fully saturated rings. The molecular weight excluding hydrogens is 590 g/mol. The van der Waals surface area contributed by atoms with Gasteiger partial charge < -0.3 is 14.0 Å². The average molecular weight is 644 g/mol. The lowest BCUT2D eigenvalue weighted by Gasteiger charge is -2.06. The van der Waals surface area contributed by atoms with Gasteiger partial charge in [-0.1, -0.05) is 90.2 Å². The van der Waals surface area contributed by atoms with E-state index in [-0.39, 0.29) is 0 Å². The van der Waals surface area contributed by atoms with Crippen molar-refractivity contribution in [1.29, 1.82) is 0 Å². The minimum Gasteiger partial charge on any atom is -0.494 e. The summed E-state index contributed by atoms with van der Waals surface area (Å²) in [6.45, 7) is 6.05. The molecule has 5 nitrogen and oxygen atoms in total. The molecule has 5 rings (SSSR count). The van der Waals surface area contributed by atoms with Gasteiger partial charge in [-0.3, -0.25) is 9.98 Å². The number of aryl methyl sites for hydroxylation is 1. The first-order valence-corrected chi connectivity index (χ1v) is 18.2. The summed E-state index contributed by atoms with van der Waals surface area (Å²) in [7, 11) is 2.12. The van der Waals surface area contributed by atoms with Crippen molar-refractivity contribution in [1.82, 2.24) is 4.57 Å². The zero-order chi connectivity index (χ0) is 33.4. The predicted molar refractivity (Wildman–Crippen MR) is 206 cm³/mol. The summed E-state index contributed by atoms with van der Waals surface area (Å²) in [5.41, 5.74) is 6.35. The van der Waals surface area contributed by atoms with E-state index in [9.17, 15) is 0 Å². The summed E-state index contributed by atoms with van der Waals surface area (Å²) < 4.78 is 14.1. The molecule has 5 heteroatoms. The highest BCUT2D eigenvalue weighted by molar-refractivity contribution is 6.10. The van der Waals surface area contributed by atoms with Crippen molar-refractivity contribution in [2.24, 2.45) is 17.0 Å². The molecule has 48 heavy (non-hydrogen) atoms. The van der Waals surface area contributed by atoms with Crippen LogP contribution in [0.3, 0.4) is 0 Å². The van der Waals surface area contributed by atoms with Gasteiger partial charge in [-0.05, 0) is 96.8 Å². The Labute approximate surface area is 287 Å². The largest absolute Gasteiger partial charge is 0.494 e. The number of nitrogens with zero attached hydrogens (tertiary/aromatic N) is 3. The number of hydrogen-bond donors (Lipinski definition) is 0. The molecule has 4 aromatic carbocycles. The monoisotopic (exact) mass is 643 g/mol. The third-order valence-electron chi connectivity index (χ3n) is 8.99. The fourth-order valence-electron chi connectivity index (χ4n) is 6.11. The highest BCUT2D eigenvalue weighted by atomic mass is 16.5. The summed E-state index contributed by atoms with van der Waals surface area (Å²) in [6.07, 6.45) is 19.1. The fourth-order valence-corrected chi connectivity index (χ4v) is 6.11. The quantitative estimate of drug-likeness (QED) is 0.0626. The van der Waals surface area contributed by atoms with Crippen molar-refractivity contribution in [3.8, 4) is 11.5 Å². The highest BCUT2D eigenvalue weighted by Crippen LogP contribution is 2.30. The number of benzene rings is 4. The second kappa shape index (κ2) is 18.8. The molecule has 0 aliphatic heterocycles. The van der Waals surface area contributed by atoms with Crippen LogP contribution in [-0.4, -0.2) is 30.2 Å². The van der Waals surface area contributed by atoms with Gasteiger partial charge in [0.1, 0.15) is 11.5 Å². The van der Waals surface area contributed by atoms with Gasteiger partial charge in [0.15, 0.2) is 0 Å². The van der Waals surface area contributed by atoms with Gasteiger partial charge in [0.05, 0.1) is 24.6 Å². The van der Waals surface area contributed by atoms with E-state index in [0.717, 1.165) is 60.1 Å². The normalized spacial score (nSPS) is 11.8. The topological polar surface area (TPSA) is 48.1 Å². The van der Waals surface area contributed by atoms with Crippen LogP contribution in [0, 0.1) is 0 Å². The number of aromatic nitrogens is 1. The third-order valence-corrected chi connectivity index (χ3v) is 8.99. The maximum Gasteiger partial charge on any atom is 0.119 e. The Balaban J connectivity index is 1.18. The van der Waals surface area contributed by atoms with Crippen LogP contribution in [0.2, 0.25) is 0 Å². The molecule has 0 atom stereocenters. The van der Waals surface area contributed by atoms with Crippen LogP contribution < -0.4 is 9.47 Å². The second-order valence-electron chi connectivity index (χ2n) is 12.8. The Morgan fingerprint density at radius 1 is 0.500 bits per heavy atom. The van der Waals surface area contributed by atoms with Crippen molar-refractivity contribution in [2.75, 3.05) is 13.2 Å². The molecule has 0 amide bonds. The Morgan fingerprint density at radius 2 is 0.896 bits per heavy atom. The minimum atomic E-state index is 0.773. The van der Waals surface area contributed by atoms with Gasteiger partial charge in [-0.15, -0.1) is 0 Å². The fraction of sp³-hybridized carbons (Fsp3) is 0.395. The molecule has 0 saturated carbocycles. The van der Waals surface area contributed by atoms with Crippen LogP contribution in [0.4, 0.5) is 11.4 Å². The molecule has 0 bridgehead atoms. The molecule has 0 aliphatic carbocycles. The number of unbranched alkanes of at least 4 members (excludes halogenated alkanes) is 10. The van der Waals surface area contributed by atoms with Gasteiger partial charge in [0, 0.05) is 41.3 Å². The highest BCUT2D eigenvalue weighted by Gasteiger charge is 2.09. The molecule has 5 aromatic rings. The Morgan fingerprint density at radius 3 is 1.31 bits per heavy atom. The number of rotatable bonds is 20. The molecular formula is C43H53N3O2. The Kier molecular flexibility index (Phi) is 13.7. The van der Waals surface area contributed by atoms with Gasteiger partial charge in [0.2, 0.25) is 0 Å². The molecule has 1 heterocycles. The van der Waals surface area contributed by atoms with E-state index < -0.39 is 0 Å². The average Bonchev–Trinajstić information content (AvgIpc) is 3.40. The number of ether oxygens (including phenoxy) is 2. The third kappa shape index (κ3) is 10.3. The molecule has 0 radical (unpaired) electrons. The zero-order valence-electron chi connectivity index (χ0n) is 29.3. The minimum absolute atomic E-state index is 0.773. The molecule has 252 valence electrons. The van der Waals surface area contributed by atoms with Crippen LogP contribution in [0.1, 0.15) is 102 Å². The van der Waals surface area contributed by atoms with Crippen LogP contribution in [0.5, 0.6) is 11.5 Å². The van der Waals surface area contributed by atoms with E-state index in [1.54, 1.807) is 0 Å². The van der Waals surface area contributed by atoms with E-state index in [1.165, 1.54) is 86.0 Å². The van der Waals surface area contributed by atoms with E-state index in [2.05, 4.69) is 61.9 Å². The summed E-state index contributed by atoms with van der Waals surface area (Å²) in [6, 6.07) is 29.2.